The molecule has 0 spiro atoms. The Morgan fingerprint density at radius 3 is 2.24 bits per heavy atom. The molecule has 0 radical (unpaired) electrons. The van der Waals surface area contributed by atoms with E-state index in [4.69, 9.17) is 5.73 Å². The Labute approximate surface area is 122 Å². The van der Waals surface area contributed by atoms with Crippen LogP contribution in [-0.4, -0.2) is 18.4 Å². The summed E-state index contributed by atoms with van der Waals surface area (Å²) in [5.74, 6) is 5.03. The summed E-state index contributed by atoms with van der Waals surface area (Å²) in [7, 11) is 0. The molecule has 1 aliphatic rings. The highest BCUT2D eigenvalue weighted by Crippen LogP contribution is 2.28. The second-order valence-electron chi connectivity index (χ2n) is 4.55. The summed E-state index contributed by atoms with van der Waals surface area (Å²) in [4.78, 5) is 25.9. The molecule has 21 heavy (non-hydrogen) atoms. The van der Waals surface area contributed by atoms with Crippen LogP contribution in [0.15, 0.2) is 48.5 Å². The quantitative estimate of drug-likeness (QED) is 0.638. The molecule has 4 heteroatoms. The molecule has 0 aromatic heterocycles. The molecule has 1 heterocycles. The van der Waals surface area contributed by atoms with E-state index in [0.29, 0.717) is 16.8 Å². The van der Waals surface area contributed by atoms with Crippen molar-refractivity contribution in [3.05, 3.63) is 65.2 Å². The molecule has 2 aromatic carbocycles. The van der Waals surface area contributed by atoms with Crippen molar-refractivity contribution in [1.82, 2.24) is 0 Å². The summed E-state index contributed by atoms with van der Waals surface area (Å²) < 4.78 is 0. The number of nitrogens with zero attached hydrogens (tertiary/aromatic N) is 1. The van der Waals surface area contributed by atoms with Gasteiger partial charge in [-0.05, 0) is 30.3 Å². The summed E-state index contributed by atoms with van der Waals surface area (Å²) in [6.07, 6.45) is 0. The van der Waals surface area contributed by atoms with Gasteiger partial charge in [0.15, 0.2) is 0 Å². The Hall–Kier alpha value is -2.90. The minimum Gasteiger partial charge on any atom is -0.320 e. The van der Waals surface area contributed by atoms with E-state index in [-0.39, 0.29) is 18.4 Å². The van der Waals surface area contributed by atoms with E-state index in [2.05, 4.69) is 11.8 Å². The predicted molar refractivity (Wildman–Crippen MR) is 80.0 cm³/mol. The van der Waals surface area contributed by atoms with Crippen LogP contribution in [0.5, 0.6) is 0 Å². The maximum Gasteiger partial charge on any atom is 0.266 e. The predicted octanol–water partition coefficient (Wildman–Crippen LogP) is 1.80. The Bertz CT molecular complexity index is 765. The Kier molecular flexibility index (Phi) is 3.27. The molecule has 0 aliphatic carbocycles. The fourth-order valence-corrected chi connectivity index (χ4v) is 2.30. The van der Waals surface area contributed by atoms with Gasteiger partial charge in [-0.25, -0.2) is 4.90 Å². The van der Waals surface area contributed by atoms with Crippen molar-refractivity contribution >= 4 is 17.5 Å². The molecule has 0 bridgehead atoms. The Morgan fingerprint density at radius 1 is 0.952 bits per heavy atom. The minimum absolute atomic E-state index is 0.261. The molecule has 3 rings (SSSR count). The van der Waals surface area contributed by atoms with Crippen LogP contribution in [0.3, 0.4) is 0 Å². The van der Waals surface area contributed by atoms with Gasteiger partial charge in [-0.15, -0.1) is 0 Å². The van der Waals surface area contributed by atoms with Crippen LogP contribution in [0.2, 0.25) is 0 Å². The third-order valence-corrected chi connectivity index (χ3v) is 3.23. The van der Waals surface area contributed by atoms with Crippen LogP contribution in [0.25, 0.3) is 0 Å². The van der Waals surface area contributed by atoms with Gasteiger partial charge in [0.2, 0.25) is 0 Å². The van der Waals surface area contributed by atoms with Crippen molar-refractivity contribution in [2.24, 2.45) is 5.73 Å². The SMILES string of the molecule is NCC#Cc1cccc(N2C(=O)c3ccccc3C2=O)c1. The molecule has 2 N–H and O–H groups in total. The number of carbonyl (C=O) groups is 2. The number of carbonyl (C=O) groups excluding carboxylic acids is 2. The standard InChI is InChI=1S/C17H12N2O2/c18-10-4-6-12-5-3-7-13(11-12)19-16(20)14-8-1-2-9-15(14)17(19)21/h1-3,5,7-9,11H,10,18H2. The van der Waals surface area contributed by atoms with E-state index >= 15 is 0 Å². The average molecular weight is 276 g/mol. The summed E-state index contributed by atoms with van der Waals surface area (Å²) in [6.45, 7) is 0.261. The van der Waals surface area contributed by atoms with Crippen molar-refractivity contribution in [3.63, 3.8) is 0 Å². The minimum atomic E-state index is -0.306. The van der Waals surface area contributed by atoms with Gasteiger partial charge < -0.3 is 5.73 Å². The third kappa shape index (κ3) is 2.20. The molecular weight excluding hydrogens is 264 g/mol. The zero-order chi connectivity index (χ0) is 14.8. The first-order valence-corrected chi connectivity index (χ1v) is 6.49. The maximum atomic E-state index is 12.4. The first-order chi connectivity index (χ1) is 10.2. The van der Waals surface area contributed by atoms with Crippen LogP contribution in [0, 0.1) is 11.8 Å². The van der Waals surface area contributed by atoms with Crippen LogP contribution in [-0.2, 0) is 0 Å². The summed E-state index contributed by atoms with van der Waals surface area (Å²) in [5, 5.41) is 0. The molecule has 2 amide bonds. The Morgan fingerprint density at radius 2 is 1.62 bits per heavy atom. The van der Waals surface area contributed by atoms with Gasteiger partial charge in [-0.1, -0.05) is 30.0 Å². The van der Waals surface area contributed by atoms with Gasteiger partial charge in [-0.2, -0.15) is 0 Å². The van der Waals surface area contributed by atoms with Crippen LogP contribution in [0.4, 0.5) is 5.69 Å². The molecule has 0 saturated heterocycles. The Balaban J connectivity index is 2.03. The highest BCUT2D eigenvalue weighted by Gasteiger charge is 2.36. The maximum absolute atomic E-state index is 12.4. The summed E-state index contributed by atoms with van der Waals surface area (Å²) in [5.41, 5.74) is 7.44. The highest BCUT2D eigenvalue weighted by molar-refractivity contribution is 6.34. The summed E-state index contributed by atoms with van der Waals surface area (Å²) in [6, 6.07) is 13.8. The molecule has 0 fully saturated rings. The van der Waals surface area contributed by atoms with Crippen LogP contribution in [0.1, 0.15) is 26.3 Å². The summed E-state index contributed by atoms with van der Waals surface area (Å²) >= 11 is 0. The van der Waals surface area contributed by atoms with Crippen LogP contribution < -0.4 is 10.6 Å². The molecule has 0 atom stereocenters. The van der Waals surface area contributed by atoms with Crippen molar-refractivity contribution < 1.29 is 9.59 Å². The zero-order valence-electron chi connectivity index (χ0n) is 11.2. The van der Waals surface area contributed by atoms with Gasteiger partial charge in [0.25, 0.3) is 11.8 Å². The smallest absolute Gasteiger partial charge is 0.266 e. The van der Waals surface area contributed by atoms with Crippen molar-refractivity contribution in [2.45, 2.75) is 0 Å². The van der Waals surface area contributed by atoms with Crippen molar-refractivity contribution in [3.8, 4) is 11.8 Å². The van der Waals surface area contributed by atoms with Crippen molar-refractivity contribution in [2.75, 3.05) is 11.4 Å². The molecule has 0 saturated carbocycles. The number of amides is 2. The fourth-order valence-electron chi connectivity index (χ4n) is 2.30. The lowest BCUT2D eigenvalue weighted by atomic mass is 10.1. The topological polar surface area (TPSA) is 63.4 Å². The lowest BCUT2D eigenvalue weighted by Gasteiger charge is -2.13. The van der Waals surface area contributed by atoms with E-state index in [1.54, 1.807) is 42.5 Å². The number of rotatable bonds is 1. The largest absolute Gasteiger partial charge is 0.320 e. The molecular formula is C17H12N2O2. The number of benzene rings is 2. The molecule has 102 valence electrons. The lowest BCUT2D eigenvalue weighted by Crippen LogP contribution is -2.29. The number of fused-ring (bicyclic) bond motifs is 1. The van der Waals surface area contributed by atoms with Gasteiger partial charge in [0, 0.05) is 5.56 Å². The van der Waals surface area contributed by atoms with Gasteiger partial charge in [-0.3, -0.25) is 9.59 Å². The molecule has 4 nitrogen and oxygen atoms in total. The second-order valence-corrected chi connectivity index (χ2v) is 4.55. The van der Waals surface area contributed by atoms with Crippen LogP contribution >= 0.6 is 0 Å². The first-order valence-electron chi connectivity index (χ1n) is 6.49. The van der Waals surface area contributed by atoms with E-state index in [9.17, 15) is 9.59 Å². The van der Waals surface area contributed by atoms with Gasteiger partial charge >= 0.3 is 0 Å². The number of hydrogen-bond donors (Lipinski definition) is 1. The zero-order valence-corrected chi connectivity index (χ0v) is 11.2. The van der Waals surface area contributed by atoms with Crippen molar-refractivity contribution in [1.29, 1.82) is 0 Å². The molecule has 1 aliphatic heterocycles. The van der Waals surface area contributed by atoms with E-state index < -0.39 is 0 Å². The molecule has 0 unspecified atom stereocenters. The number of nitrogens with two attached hydrogens (primary N) is 1. The number of anilines is 1. The fraction of sp³-hybridized carbons (Fsp3) is 0.0588. The second kappa shape index (κ2) is 5.23. The lowest BCUT2D eigenvalue weighted by molar-refractivity contribution is 0.0926. The van der Waals surface area contributed by atoms with Gasteiger partial charge in [0.1, 0.15) is 0 Å². The van der Waals surface area contributed by atoms with Gasteiger partial charge in [0.05, 0.1) is 23.4 Å². The molecule has 2 aromatic rings. The highest BCUT2D eigenvalue weighted by atomic mass is 16.2. The first kappa shape index (κ1) is 13.1. The third-order valence-electron chi connectivity index (χ3n) is 3.23. The number of hydrogen-bond acceptors (Lipinski definition) is 3. The van der Waals surface area contributed by atoms with E-state index in [1.807, 2.05) is 6.07 Å². The van der Waals surface area contributed by atoms with E-state index in [0.717, 1.165) is 5.56 Å². The average Bonchev–Trinajstić information content (AvgIpc) is 2.78. The normalized spacial score (nSPS) is 12.9. The monoisotopic (exact) mass is 276 g/mol. The van der Waals surface area contributed by atoms with E-state index in [1.165, 1.54) is 4.90 Å². The number of imide groups is 1.